The van der Waals surface area contributed by atoms with Gasteiger partial charge in [0.25, 0.3) is 0 Å². The lowest BCUT2D eigenvalue weighted by molar-refractivity contribution is -0.146. The summed E-state index contributed by atoms with van der Waals surface area (Å²) in [6, 6.07) is 0. The molecule has 0 spiro atoms. The molecule has 0 radical (unpaired) electrons. The third-order valence-corrected chi connectivity index (χ3v) is 9.99. The fourth-order valence-electron chi connectivity index (χ4n) is 6.11. The van der Waals surface area contributed by atoms with Crippen LogP contribution in [0.3, 0.4) is 0 Å². The summed E-state index contributed by atoms with van der Waals surface area (Å²) in [5, 5.41) is 50.2. The topological polar surface area (TPSA) is 490 Å². The molecule has 10 amide bonds. The van der Waals surface area contributed by atoms with Crippen LogP contribution in [0.4, 0.5) is 0 Å². The van der Waals surface area contributed by atoms with E-state index in [-0.39, 0.29) is 31.7 Å². The number of amides is 10. The molecule has 0 unspecified atom stereocenters. The molecule has 0 aliphatic heterocycles. The summed E-state index contributed by atoms with van der Waals surface area (Å²) in [4.78, 5) is 232. The van der Waals surface area contributed by atoms with E-state index in [9.17, 15) is 106 Å². The van der Waals surface area contributed by atoms with E-state index in [1.54, 1.807) is 6.92 Å². The molecule has 0 aromatic carbocycles. The maximum atomic E-state index is 12.9. The average molecular weight is 1110 g/mol. The van der Waals surface area contributed by atoms with E-state index >= 15 is 0 Å². The first-order valence-corrected chi connectivity index (χ1v) is 23.7. The zero-order chi connectivity index (χ0) is 59.5. The van der Waals surface area contributed by atoms with Crippen LogP contribution >= 0.6 is 0 Å². The molecule has 0 heterocycles. The van der Waals surface area contributed by atoms with Gasteiger partial charge in [-0.25, -0.2) is 0 Å². The molecule has 0 atom stereocenters. The molecule has 0 saturated heterocycles. The summed E-state index contributed by atoms with van der Waals surface area (Å²) < 4.78 is 0. The highest BCUT2D eigenvalue weighted by atomic mass is 16.4. The second-order valence-electron chi connectivity index (χ2n) is 16.7. The summed E-state index contributed by atoms with van der Waals surface area (Å²) in [5.41, 5.74) is 0. The maximum Gasteiger partial charge on any atom is 0.323 e. The third-order valence-electron chi connectivity index (χ3n) is 9.99. The number of ketones is 5. The van der Waals surface area contributed by atoms with Crippen LogP contribution in [0.5, 0.6) is 0 Å². The number of carboxylic acid groups (broad SMARTS) is 4. The zero-order valence-electron chi connectivity index (χ0n) is 42.8. The lowest BCUT2D eigenvalue weighted by Gasteiger charge is -2.21. The van der Waals surface area contributed by atoms with Gasteiger partial charge < -0.3 is 71.9 Å². The largest absolute Gasteiger partial charge is 0.480 e. The molecule has 0 fully saturated rings. The molecule has 0 aliphatic carbocycles. The lowest BCUT2D eigenvalue weighted by atomic mass is 10.2. The second-order valence-corrected chi connectivity index (χ2v) is 16.7. The first-order chi connectivity index (χ1) is 36.5. The number of carboxylic acids is 4. The van der Waals surface area contributed by atoms with E-state index in [0.29, 0.717) is 26.1 Å². The van der Waals surface area contributed by atoms with Crippen LogP contribution < -0.4 is 31.9 Å². The van der Waals surface area contributed by atoms with Crippen molar-refractivity contribution < 1.29 is 112 Å². The van der Waals surface area contributed by atoms with E-state index in [0.717, 1.165) is 6.92 Å². The summed E-state index contributed by atoms with van der Waals surface area (Å²) in [6.07, 6.45) is -5.01. The van der Waals surface area contributed by atoms with E-state index in [1.165, 1.54) is 0 Å². The van der Waals surface area contributed by atoms with Crippen LogP contribution in [0.15, 0.2) is 0 Å². The summed E-state index contributed by atoms with van der Waals surface area (Å²) in [7, 11) is 0. The van der Waals surface area contributed by atoms with E-state index in [1.807, 2.05) is 0 Å². The Morgan fingerprint density at radius 2 is 0.500 bits per heavy atom. The maximum absolute atomic E-state index is 12.9. The van der Waals surface area contributed by atoms with Gasteiger partial charge in [0, 0.05) is 77.7 Å². The number of nitrogens with zero attached hydrogens (tertiary/aromatic N) is 4. The molecular formula is C45H64N10O23. The smallest absolute Gasteiger partial charge is 0.323 e. The number of rotatable bonds is 42. The Bertz CT molecular complexity index is 2300. The molecule has 0 bridgehead atoms. The summed E-state index contributed by atoms with van der Waals surface area (Å²) >= 11 is 0. The lowest BCUT2D eigenvalue weighted by Crippen LogP contribution is -2.45. The fourth-order valence-corrected chi connectivity index (χ4v) is 6.11. The van der Waals surface area contributed by atoms with Crippen molar-refractivity contribution in [1.29, 1.82) is 0 Å². The molecule has 0 rings (SSSR count). The van der Waals surface area contributed by atoms with Crippen LogP contribution in [0, 0.1) is 0 Å². The number of carbonyl (C=O) groups excluding carboxylic acids is 15. The number of hydrogen-bond donors (Lipinski definition) is 10. The summed E-state index contributed by atoms with van der Waals surface area (Å²) in [5.74, 6) is -18.5. The number of nitrogens with one attached hydrogen (secondary N) is 6. The predicted molar refractivity (Wildman–Crippen MR) is 257 cm³/mol. The summed E-state index contributed by atoms with van der Waals surface area (Å²) in [6.45, 7) is -7.45. The van der Waals surface area contributed by atoms with Gasteiger partial charge >= 0.3 is 23.9 Å². The molecule has 0 aromatic rings. The Kier molecular flexibility index (Phi) is 33.3. The van der Waals surface area contributed by atoms with Crippen molar-refractivity contribution in [2.75, 3.05) is 91.6 Å². The second kappa shape index (κ2) is 37.6. The van der Waals surface area contributed by atoms with Gasteiger partial charge in [-0.1, -0.05) is 0 Å². The van der Waals surface area contributed by atoms with Crippen LogP contribution in [0.1, 0.15) is 78.1 Å². The van der Waals surface area contributed by atoms with Crippen LogP contribution in [-0.4, -0.2) is 244 Å². The fraction of sp³-hybridized carbons (Fsp3) is 0.578. The first-order valence-electron chi connectivity index (χ1n) is 23.7. The Hall–Kier alpha value is -9.07. The molecular weight excluding hydrogens is 1050 g/mol. The first kappa shape index (κ1) is 68.9. The number of carbonyl (C=O) groups is 19. The Morgan fingerprint density at radius 1 is 0.282 bits per heavy atom. The number of Topliss-reactive ketones (excluding diaryl/α,β-unsaturated/α-hetero) is 5. The highest BCUT2D eigenvalue weighted by molar-refractivity contribution is 5.97. The molecule has 33 nitrogen and oxygen atoms in total. The van der Waals surface area contributed by atoms with Gasteiger partial charge in [0.05, 0.1) is 32.7 Å². The average Bonchev–Trinajstić information content (AvgIpc) is 3.35. The zero-order valence-corrected chi connectivity index (χ0v) is 42.8. The molecule has 432 valence electrons. The van der Waals surface area contributed by atoms with Crippen LogP contribution in [-0.2, 0) is 91.1 Å². The minimum atomic E-state index is -1.58. The monoisotopic (exact) mass is 1110 g/mol. The third kappa shape index (κ3) is 34.4. The normalized spacial score (nSPS) is 10.3. The van der Waals surface area contributed by atoms with Gasteiger partial charge in [-0.2, -0.15) is 0 Å². The van der Waals surface area contributed by atoms with Crippen molar-refractivity contribution in [3.05, 3.63) is 0 Å². The standard InChI is InChI=1S/C45H64N10O23/c1-3-46-33(62)9-4-28(57)15-48-34(63)19-53(24-43(73)74)39(68)11-6-30(59)17-50-36(65)21-55(26-45(77)78)41(70)13-8-32(61)18-51-37(66)22-54(25-44(75)76)40(69)12-7-31(60)16-49-35(64)20-52(23-42(71)72)38(67)10-5-29(58)14-47-27(2)56/h3-26H2,1-2H3,(H,46,62)(H,47,56)(H,48,63)(H,49,64)(H,50,65)(H,51,66)(H,71,72)(H,73,74)(H,75,76)(H,77,78). The Morgan fingerprint density at radius 3 is 0.705 bits per heavy atom. The quantitative estimate of drug-likeness (QED) is 0.0272. The van der Waals surface area contributed by atoms with Crippen molar-refractivity contribution >= 4 is 112 Å². The SMILES string of the molecule is CCNC(=O)CCC(=O)CNC(=O)CN(CC(=O)O)C(=O)CCC(=O)CNC(=O)CN(CC(=O)O)C(=O)CCC(=O)CNC(=O)CN(CC(=O)O)C(=O)CCC(=O)CNC(=O)CN(CC(=O)O)C(=O)CCC(=O)CNC(C)=O. The molecule has 78 heavy (non-hydrogen) atoms. The van der Waals surface area contributed by atoms with E-state index in [2.05, 4.69) is 31.9 Å². The van der Waals surface area contributed by atoms with Gasteiger partial charge in [0.15, 0.2) is 28.9 Å². The van der Waals surface area contributed by atoms with Gasteiger partial charge in [-0.15, -0.1) is 0 Å². The number of aliphatic carboxylic acids is 4. The molecule has 0 saturated carbocycles. The number of hydrogen-bond acceptors (Lipinski definition) is 19. The minimum absolute atomic E-state index is 0.130. The van der Waals surface area contributed by atoms with Crippen LogP contribution in [0.2, 0.25) is 0 Å². The van der Waals surface area contributed by atoms with Gasteiger partial charge in [0.1, 0.15) is 52.4 Å². The van der Waals surface area contributed by atoms with Gasteiger partial charge in [-0.3, -0.25) is 91.1 Å². The van der Waals surface area contributed by atoms with E-state index in [4.69, 9.17) is 5.11 Å². The van der Waals surface area contributed by atoms with Gasteiger partial charge in [0.2, 0.25) is 59.1 Å². The molecule has 10 N–H and O–H groups in total. The molecule has 33 heteroatoms. The predicted octanol–water partition coefficient (Wildman–Crippen LogP) is -6.88. The minimum Gasteiger partial charge on any atom is -0.480 e. The highest BCUT2D eigenvalue weighted by Crippen LogP contribution is 2.05. The highest BCUT2D eigenvalue weighted by Gasteiger charge is 2.26. The molecule has 0 aromatic heterocycles. The van der Waals surface area contributed by atoms with Crippen molar-refractivity contribution in [2.24, 2.45) is 0 Å². The van der Waals surface area contributed by atoms with E-state index < -0.39 is 229 Å². The van der Waals surface area contributed by atoms with Gasteiger partial charge in [-0.05, 0) is 6.92 Å². The van der Waals surface area contributed by atoms with Crippen molar-refractivity contribution in [3.63, 3.8) is 0 Å². The van der Waals surface area contributed by atoms with Crippen molar-refractivity contribution in [3.8, 4) is 0 Å². The molecule has 0 aliphatic rings. The van der Waals surface area contributed by atoms with Crippen molar-refractivity contribution in [1.82, 2.24) is 51.5 Å². The van der Waals surface area contributed by atoms with Crippen LogP contribution in [0.25, 0.3) is 0 Å². The van der Waals surface area contributed by atoms with Crippen molar-refractivity contribution in [2.45, 2.75) is 78.1 Å². The Labute approximate surface area is 443 Å². The Balaban J connectivity index is 5.09.